The summed E-state index contributed by atoms with van der Waals surface area (Å²) in [7, 11) is 1.07. The first kappa shape index (κ1) is 21.8. The molecule has 160 valence electrons. The van der Waals surface area contributed by atoms with Crippen LogP contribution < -0.4 is 0 Å². The average Bonchev–Trinajstić information content (AvgIpc) is 3.02. The van der Waals surface area contributed by atoms with Gasteiger partial charge in [0.1, 0.15) is 12.4 Å². The molecule has 30 heavy (non-hydrogen) atoms. The summed E-state index contributed by atoms with van der Waals surface area (Å²) in [6.07, 6.45) is 0.225. The van der Waals surface area contributed by atoms with Gasteiger partial charge >= 0.3 is 5.97 Å². The molecule has 3 rings (SSSR count). The Balaban J connectivity index is 1.69. The van der Waals surface area contributed by atoms with Gasteiger partial charge in [0.2, 0.25) is 10.0 Å². The molecule has 3 aromatic rings. The highest BCUT2D eigenvalue weighted by molar-refractivity contribution is 7.89. The number of halogens is 2. The molecule has 0 radical (unpaired) electrons. The highest BCUT2D eigenvalue weighted by atomic mass is 32.2. The Hall–Kier alpha value is -2.85. The number of sulfonamides is 1. The minimum absolute atomic E-state index is 0.0169. The van der Waals surface area contributed by atoms with Crippen molar-refractivity contribution in [3.63, 3.8) is 0 Å². The van der Waals surface area contributed by atoms with Gasteiger partial charge in [-0.05, 0) is 24.3 Å². The Kier molecular flexibility index (Phi) is 6.18. The predicted molar refractivity (Wildman–Crippen MR) is 106 cm³/mol. The number of carbonyl (C=O) groups is 1. The third-order valence-electron chi connectivity index (χ3n) is 4.70. The Morgan fingerprint density at radius 3 is 2.63 bits per heavy atom. The lowest BCUT2D eigenvalue weighted by Crippen LogP contribution is -2.22. The minimum Gasteiger partial charge on any atom is -0.461 e. The largest absolute Gasteiger partial charge is 0.461 e. The summed E-state index contributed by atoms with van der Waals surface area (Å²) >= 11 is 0. The molecule has 10 heteroatoms. The number of fused-ring (bicyclic) bond motifs is 1. The van der Waals surface area contributed by atoms with Crippen molar-refractivity contribution in [3.05, 3.63) is 59.4 Å². The highest BCUT2D eigenvalue weighted by Crippen LogP contribution is 2.22. The van der Waals surface area contributed by atoms with Crippen molar-refractivity contribution in [2.24, 2.45) is 7.05 Å². The smallest absolute Gasteiger partial charge is 0.306 e. The van der Waals surface area contributed by atoms with Crippen molar-refractivity contribution in [3.8, 4) is 0 Å². The molecule has 0 spiro atoms. The van der Waals surface area contributed by atoms with Gasteiger partial charge in [0.25, 0.3) is 0 Å². The molecule has 0 aliphatic carbocycles. The number of aromatic nitrogens is 2. The summed E-state index contributed by atoms with van der Waals surface area (Å²) in [5.74, 6) is -2.05. The topological polar surface area (TPSA) is 81.5 Å². The second kappa shape index (κ2) is 8.49. The molecular weight excluding hydrogens is 416 g/mol. The van der Waals surface area contributed by atoms with Gasteiger partial charge in [0, 0.05) is 33.1 Å². The maximum absolute atomic E-state index is 13.6. The molecule has 0 fully saturated rings. The van der Waals surface area contributed by atoms with E-state index in [1.165, 1.54) is 38.4 Å². The van der Waals surface area contributed by atoms with Crippen LogP contribution in [0.15, 0.2) is 41.3 Å². The molecule has 0 amide bonds. The van der Waals surface area contributed by atoms with E-state index in [4.69, 9.17) is 4.74 Å². The van der Waals surface area contributed by atoms with E-state index in [2.05, 4.69) is 4.98 Å². The van der Waals surface area contributed by atoms with Crippen LogP contribution in [0.1, 0.15) is 17.8 Å². The van der Waals surface area contributed by atoms with Crippen LogP contribution in [0.5, 0.6) is 0 Å². The maximum Gasteiger partial charge on any atom is 0.306 e. The zero-order valence-electron chi connectivity index (χ0n) is 16.7. The van der Waals surface area contributed by atoms with Crippen molar-refractivity contribution in [1.29, 1.82) is 0 Å². The van der Waals surface area contributed by atoms with Crippen LogP contribution in [0.4, 0.5) is 8.78 Å². The Bertz CT molecular complexity index is 1210. The number of imidazole rings is 1. The number of nitrogens with zero attached hydrogens (tertiary/aromatic N) is 3. The monoisotopic (exact) mass is 437 g/mol. The van der Waals surface area contributed by atoms with Crippen LogP contribution in [-0.2, 0) is 39.6 Å². The molecule has 0 atom stereocenters. The number of benzene rings is 2. The fourth-order valence-corrected chi connectivity index (χ4v) is 3.85. The van der Waals surface area contributed by atoms with Crippen molar-refractivity contribution in [2.75, 3.05) is 14.1 Å². The Labute approximate surface area is 172 Å². The van der Waals surface area contributed by atoms with Gasteiger partial charge in [-0.25, -0.2) is 26.5 Å². The average molecular weight is 437 g/mol. The summed E-state index contributed by atoms with van der Waals surface area (Å²) in [4.78, 5) is 16.6. The molecule has 0 unspecified atom stereocenters. The van der Waals surface area contributed by atoms with Gasteiger partial charge in [-0.2, -0.15) is 0 Å². The van der Waals surface area contributed by atoms with Crippen LogP contribution in [0.2, 0.25) is 0 Å². The number of aryl methyl sites for hydroxylation is 2. The molecule has 0 N–H and O–H groups in total. The third-order valence-corrected chi connectivity index (χ3v) is 6.51. The van der Waals surface area contributed by atoms with E-state index in [9.17, 15) is 22.0 Å². The first-order chi connectivity index (χ1) is 14.1. The van der Waals surface area contributed by atoms with Crippen LogP contribution in [0.25, 0.3) is 11.0 Å². The van der Waals surface area contributed by atoms with Crippen LogP contribution in [0, 0.1) is 11.6 Å². The molecule has 0 aliphatic heterocycles. The Morgan fingerprint density at radius 2 is 1.93 bits per heavy atom. The van der Waals surface area contributed by atoms with E-state index in [1.807, 2.05) is 0 Å². The number of carbonyl (C=O) groups excluding carboxylic acids is 1. The zero-order chi connectivity index (χ0) is 22.1. The first-order valence-corrected chi connectivity index (χ1v) is 10.5. The molecule has 7 nitrogen and oxygen atoms in total. The van der Waals surface area contributed by atoms with Gasteiger partial charge in [-0.3, -0.25) is 4.79 Å². The minimum atomic E-state index is -3.59. The second-order valence-corrected chi connectivity index (χ2v) is 9.05. The molecule has 1 aromatic heterocycles. The number of rotatable bonds is 7. The van der Waals surface area contributed by atoms with E-state index in [0.717, 1.165) is 15.9 Å². The second-order valence-electron chi connectivity index (χ2n) is 6.90. The summed E-state index contributed by atoms with van der Waals surface area (Å²) in [6.45, 7) is -0.364. The number of hydrogen-bond acceptors (Lipinski definition) is 5. The maximum atomic E-state index is 13.6. The van der Waals surface area contributed by atoms with Gasteiger partial charge in [-0.15, -0.1) is 0 Å². The van der Waals surface area contributed by atoms with E-state index in [1.54, 1.807) is 17.7 Å². The van der Waals surface area contributed by atoms with Crippen molar-refractivity contribution in [2.45, 2.75) is 24.3 Å². The highest BCUT2D eigenvalue weighted by Gasteiger charge is 2.19. The molecule has 0 bridgehead atoms. The van der Waals surface area contributed by atoms with E-state index >= 15 is 0 Å². The van der Waals surface area contributed by atoms with E-state index < -0.39 is 27.6 Å². The molecule has 1 heterocycles. The first-order valence-electron chi connectivity index (χ1n) is 9.07. The summed E-state index contributed by atoms with van der Waals surface area (Å²) < 4.78 is 59.3. The van der Waals surface area contributed by atoms with Crippen LogP contribution in [-0.4, -0.2) is 42.3 Å². The molecule has 0 saturated heterocycles. The normalized spacial score (nSPS) is 11.9. The van der Waals surface area contributed by atoms with Gasteiger partial charge < -0.3 is 9.30 Å². The van der Waals surface area contributed by atoms with Crippen LogP contribution >= 0.6 is 0 Å². The van der Waals surface area contributed by atoms with E-state index in [0.29, 0.717) is 11.3 Å². The quantitative estimate of drug-likeness (QED) is 0.531. The summed E-state index contributed by atoms with van der Waals surface area (Å²) in [5.41, 5.74) is 1.17. The van der Waals surface area contributed by atoms with Crippen molar-refractivity contribution >= 4 is 27.0 Å². The summed E-state index contributed by atoms with van der Waals surface area (Å²) in [6, 6.07) is 8.32. The fraction of sp³-hybridized carbons (Fsp3) is 0.300. The lowest BCUT2D eigenvalue weighted by Gasteiger charge is -2.10. The SMILES string of the molecule is CN(C)S(=O)(=O)c1ccc2c(c1)nc(CCC(=O)OCc1cccc(F)c1F)n2C. The standard InChI is InChI=1S/C20H21F2N3O4S/c1-24(2)30(27,28)14-7-8-17-16(11-14)23-18(25(17)3)9-10-19(26)29-12-13-5-4-6-15(21)20(13)22/h4-8,11H,9-10,12H2,1-3H3. The van der Waals surface area contributed by atoms with Gasteiger partial charge in [0.05, 0.1) is 22.3 Å². The van der Waals surface area contributed by atoms with Crippen LogP contribution in [0.3, 0.4) is 0 Å². The lowest BCUT2D eigenvalue weighted by molar-refractivity contribution is -0.145. The molecule has 0 saturated carbocycles. The number of esters is 1. The zero-order valence-corrected chi connectivity index (χ0v) is 17.5. The molecule has 2 aromatic carbocycles. The lowest BCUT2D eigenvalue weighted by atomic mass is 10.2. The summed E-state index contributed by atoms with van der Waals surface area (Å²) in [5, 5.41) is 0. The molecular formula is C20H21F2N3O4S. The van der Waals surface area contributed by atoms with Gasteiger partial charge in [-0.1, -0.05) is 12.1 Å². The third kappa shape index (κ3) is 4.34. The van der Waals surface area contributed by atoms with E-state index in [-0.39, 0.29) is 29.9 Å². The van der Waals surface area contributed by atoms with Gasteiger partial charge in [0.15, 0.2) is 11.6 Å². The fourth-order valence-electron chi connectivity index (χ4n) is 2.93. The molecule has 0 aliphatic rings. The predicted octanol–water partition coefficient (Wildman–Crippen LogP) is 2.78. The van der Waals surface area contributed by atoms with Crippen molar-refractivity contribution < 1.29 is 26.7 Å². The van der Waals surface area contributed by atoms with Crippen molar-refractivity contribution in [1.82, 2.24) is 13.9 Å². The Morgan fingerprint density at radius 1 is 1.20 bits per heavy atom. The number of hydrogen-bond donors (Lipinski definition) is 0. The number of ether oxygens (including phenoxy) is 1.